The number of phenolic OH excluding ortho intramolecular Hbond substituents is 1. The summed E-state index contributed by atoms with van der Waals surface area (Å²) in [6, 6.07) is 2.93. The monoisotopic (exact) mass is 195 g/mol. The van der Waals surface area contributed by atoms with Gasteiger partial charge in [0, 0.05) is 23.2 Å². The third-order valence-electron chi connectivity index (χ3n) is 1.88. The van der Waals surface area contributed by atoms with Crippen molar-refractivity contribution in [3.63, 3.8) is 0 Å². The van der Waals surface area contributed by atoms with Gasteiger partial charge in [-0.25, -0.2) is 0 Å². The Labute approximate surface area is 78.9 Å². The molecule has 0 spiro atoms. The lowest BCUT2D eigenvalue weighted by Gasteiger charge is -1.96. The first-order valence-corrected chi connectivity index (χ1v) is 4.05. The molecule has 66 valence electrons. The molecule has 0 aliphatic carbocycles. The van der Waals surface area contributed by atoms with Gasteiger partial charge in [-0.3, -0.25) is 4.79 Å². The quantitative estimate of drug-likeness (QED) is 0.687. The highest BCUT2D eigenvalue weighted by atomic mass is 35.5. The van der Waals surface area contributed by atoms with Gasteiger partial charge in [0.1, 0.15) is 5.75 Å². The van der Waals surface area contributed by atoms with Gasteiger partial charge in [0.15, 0.2) is 6.29 Å². The smallest absolute Gasteiger partial charge is 0.152 e. The molecule has 0 fully saturated rings. The highest BCUT2D eigenvalue weighted by molar-refractivity contribution is 6.35. The van der Waals surface area contributed by atoms with Crippen molar-refractivity contribution in [1.82, 2.24) is 4.98 Å². The van der Waals surface area contributed by atoms with Gasteiger partial charge in [0.05, 0.1) is 10.5 Å². The number of H-pyrrole nitrogens is 1. The number of nitrogens with one attached hydrogen (secondary N) is 1. The molecule has 1 heterocycles. The van der Waals surface area contributed by atoms with Crippen molar-refractivity contribution < 1.29 is 9.90 Å². The lowest BCUT2D eigenvalue weighted by atomic mass is 10.2. The molecule has 13 heavy (non-hydrogen) atoms. The summed E-state index contributed by atoms with van der Waals surface area (Å²) in [7, 11) is 0. The van der Waals surface area contributed by atoms with Crippen LogP contribution in [0.15, 0.2) is 18.3 Å². The standard InChI is InChI=1S/C9H6ClNO2/c10-8-2-6(13)1-7-5(4-12)3-11-9(7)8/h1-4,11,13H. The summed E-state index contributed by atoms with van der Waals surface area (Å²) in [5, 5.41) is 10.3. The van der Waals surface area contributed by atoms with Crippen LogP contribution in [0.2, 0.25) is 5.02 Å². The highest BCUT2D eigenvalue weighted by Crippen LogP contribution is 2.29. The van der Waals surface area contributed by atoms with Crippen molar-refractivity contribution in [2.75, 3.05) is 0 Å². The minimum absolute atomic E-state index is 0.0557. The molecule has 1 aromatic heterocycles. The van der Waals surface area contributed by atoms with E-state index < -0.39 is 0 Å². The van der Waals surface area contributed by atoms with Crippen molar-refractivity contribution in [3.8, 4) is 5.75 Å². The van der Waals surface area contributed by atoms with Crippen LogP contribution in [0.5, 0.6) is 5.75 Å². The van der Waals surface area contributed by atoms with Crippen LogP contribution in [0.4, 0.5) is 0 Å². The van der Waals surface area contributed by atoms with Gasteiger partial charge >= 0.3 is 0 Å². The first kappa shape index (κ1) is 8.13. The van der Waals surface area contributed by atoms with Gasteiger partial charge in [-0.05, 0) is 6.07 Å². The molecule has 0 saturated heterocycles. The maximum atomic E-state index is 10.6. The van der Waals surface area contributed by atoms with Crippen molar-refractivity contribution in [3.05, 3.63) is 28.9 Å². The largest absolute Gasteiger partial charge is 0.508 e. The Morgan fingerprint density at radius 2 is 2.23 bits per heavy atom. The van der Waals surface area contributed by atoms with E-state index in [0.717, 1.165) is 0 Å². The Bertz CT molecular complexity index is 476. The summed E-state index contributed by atoms with van der Waals surface area (Å²) in [6.07, 6.45) is 2.28. The van der Waals surface area contributed by atoms with Crippen LogP contribution in [0.25, 0.3) is 10.9 Å². The van der Waals surface area contributed by atoms with Crippen molar-refractivity contribution in [2.24, 2.45) is 0 Å². The summed E-state index contributed by atoms with van der Waals surface area (Å²) >= 11 is 5.83. The molecule has 4 heteroatoms. The first-order valence-electron chi connectivity index (χ1n) is 3.67. The average Bonchev–Trinajstić information content (AvgIpc) is 2.47. The topological polar surface area (TPSA) is 53.1 Å². The molecule has 0 unspecified atom stereocenters. The lowest BCUT2D eigenvalue weighted by Crippen LogP contribution is -1.75. The van der Waals surface area contributed by atoms with Crippen LogP contribution in [0, 0.1) is 0 Å². The van der Waals surface area contributed by atoms with E-state index in [1.807, 2.05) is 0 Å². The van der Waals surface area contributed by atoms with Crippen LogP contribution in [0.1, 0.15) is 10.4 Å². The molecule has 0 bridgehead atoms. The van der Waals surface area contributed by atoms with Crippen LogP contribution in [-0.2, 0) is 0 Å². The minimum Gasteiger partial charge on any atom is -0.508 e. The number of hydrogen-bond donors (Lipinski definition) is 2. The fourth-order valence-electron chi connectivity index (χ4n) is 1.29. The number of phenols is 1. The van der Waals surface area contributed by atoms with E-state index >= 15 is 0 Å². The summed E-state index contributed by atoms with van der Waals surface area (Å²) in [6.45, 7) is 0. The molecule has 0 amide bonds. The van der Waals surface area contributed by atoms with Gasteiger partial charge in [0.25, 0.3) is 0 Å². The summed E-state index contributed by atoms with van der Waals surface area (Å²) in [5.41, 5.74) is 1.16. The second-order valence-corrected chi connectivity index (χ2v) is 3.12. The molecular formula is C9H6ClNO2. The molecule has 1 aromatic carbocycles. The predicted octanol–water partition coefficient (Wildman–Crippen LogP) is 2.34. The molecule has 0 radical (unpaired) electrons. The first-order chi connectivity index (χ1) is 6.22. The second kappa shape index (κ2) is 2.78. The molecule has 2 aromatic rings. The number of hydrogen-bond acceptors (Lipinski definition) is 2. The van der Waals surface area contributed by atoms with Crippen LogP contribution < -0.4 is 0 Å². The van der Waals surface area contributed by atoms with Crippen LogP contribution in [-0.4, -0.2) is 16.4 Å². The van der Waals surface area contributed by atoms with E-state index in [2.05, 4.69) is 4.98 Å². The average molecular weight is 196 g/mol. The number of halogens is 1. The van der Waals surface area contributed by atoms with E-state index in [9.17, 15) is 9.90 Å². The maximum absolute atomic E-state index is 10.6. The molecule has 0 aliphatic heterocycles. The Balaban J connectivity index is 2.89. The molecular weight excluding hydrogens is 190 g/mol. The molecule has 0 atom stereocenters. The Morgan fingerprint density at radius 3 is 2.92 bits per heavy atom. The molecule has 0 saturated carbocycles. The number of benzene rings is 1. The number of aromatic amines is 1. The van der Waals surface area contributed by atoms with Gasteiger partial charge in [-0.1, -0.05) is 11.6 Å². The lowest BCUT2D eigenvalue weighted by molar-refractivity contribution is 0.112. The van der Waals surface area contributed by atoms with Gasteiger partial charge in [0.2, 0.25) is 0 Å². The Kier molecular flexibility index (Phi) is 1.74. The molecule has 2 rings (SSSR count). The van der Waals surface area contributed by atoms with E-state index in [0.29, 0.717) is 27.8 Å². The van der Waals surface area contributed by atoms with Gasteiger partial charge < -0.3 is 10.1 Å². The highest BCUT2D eigenvalue weighted by Gasteiger charge is 2.07. The predicted molar refractivity (Wildman–Crippen MR) is 50.4 cm³/mol. The number of carbonyl (C=O) groups is 1. The number of aromatic nitrogens is 1. The van der Waals surface area contributed by atoms with Crippen molar-refractivity contribution in [1.29, 1.82) is 0 Å². The number of fused-ring (bicyclic) bond motifs is 1. The number of aldehydes is 1. The van der Waals surface area contributed by atoms with Crippen LogP contribution in [0.3, 0.4) is 0 Å². The van der Waals surface area contributed by atoms with E-state index in [-0.39, 0.29) is 5.75 Å². The summed E-state index contributed by atoms with van der Waals surface area (Å²) < 4.78 is 0. The SMILES string of the molecule is O=Cc1c[nH]c2c(Cl)cc(O)cc12. The zero-order valence-corrected chi connectivity index (χ0v) is 7.30. The minimum atomic E-state index is 0.0557. The van der Waals surface area contributed by atoms with E-state index in [1.54, 1.807) is 6.20 Å². The zero-order valence-electron chi connectivity index (χ0n) is 6.54. The molecule has 2 N–H and O–H groups in total. The fourth-order valence-corrected chi connectivity index (χ4v) is 1.56. The number of rotatable bonds is 1. The molecule has 0 aliphatic rings. The Morgan fingerprint density at radius 1 is 1.46 bits per heavy atom. The number of carbonyl (C=O) groups excluding carboxylic acids is 1. The third kappa shape index (κ3) is 1.17. The van der Waals surface area contributed by atoms with E-state index in [1.165, 1.54) is 12.1 Å². The van der Waals surface area contributed by atoms with Crippen molar-refractivity contribution in [2.45, 2.75) is 0 Å². The van der Waals surface area contributed by atoms with Crippen LogP contribution >= 0.6 is 11.6 Å². The van der Waals surface area contributed by atoms with Crippen molar-refractivity contribution >= 4 is 28.8 Å². The van der Waals surface area contributed by atoms with Gasteiger partial charge in [-0.15, -0.1) is 0 Å². The zero-order chi connectivity index (χ0) is 9.42. The normalized spacial score (nSPS) is 10.5. The number of aromatic hydroxyl groups is 1. The van der Waals surface area contributed by atoms with E-state index in [4.69, 9.17) is 11.6 Å². The Hall–Kier alpha value is -1.48. The van der Waals surface area contributed by atoms with Gasteiger partial charge in [-0.2, -0.15) is 0 Å². The molecule has 3 nitrogen and oxygen atoms in total. The maximum Gasteiger partial charge on any atom is 0.152 e. The third-order valence-corrected chi connectivity index (χ3v) is 2.18. The summed E-state index contributed by atoms with van der Waals surface area (Å²) in [5.74, 6) is 0.0557. The fraction of sp³-hybridized carbons (Fsp3) is 0. The summed E-state index contributed by atoms with van der Waals surface area (Å²) in [4.78, 5) is 13.4. The second-order valence-electron chi connectivity index (χ2n) is 2.71.